The maximum atomic E-state index is 12.8. The second-order valence-corrected chi connectivity index (χ2v) is 3.21. The largest absolute Gasteiger partial charge is 0.419 e. The Morgan fingerprint density at radius 2 is 2.00 bits per heavy atom. The van der Waals surface area contributed by atoms with Crippen LogP contribution in [-0.4, -0.2) is 11.7 Å². The van der Waals surface area contributed by atoms with Gasteiger partial charge in [-0.05, 0) is 18.2 Å². The molecule has 88 valence electrons. The van der Waals surface area contributed by atoms with Gasteiger partial charge in [0.15, 0.2) is 0 Å². The molecule has 0 radical (unpaired) electrons. The minimum Gasteiger partial charge on any atom is -0.325 e. The SMILES string of the molecule is O=C(CS)Nc1ccc(F)c(C(F)(F)F)c1. The van der Waals surface area contributed by atoms with Gasteiger partial charge in [0.2, 0.25) is 5.91 Å². The third kappa shape index (κ3) is 3.13. The average molecular weight is 253 g/mol. The second kappa shape index (κ2) is 4.73. The number of benzene rings is 1. The summed E-state index contributed by atoms with van der Waals surface area (Å²) in [6.45, 7) is 0. The van der Waals surface area contributed by atoms with Crippen molar-refractivity contribution in [2.75, 3.05) is 11.1 Å². The normalized spacial score (nSPS) is 11.3. The van der Waals surface area contributed by atoms with E-state index in [-0.39, 0.29) is 11.4 Å². The van der Waals surface area contributed by atoms with Crippen molar-refractivity contribution < 1.29 is 22.4 Å². The van der Waals surface area contributed by atoms with Crippen LogP contribution in [0.15, 0.2) is 18.2 Å². The number of hydrogen-bond acceptors (Lipinski definition) is 2. The van der Waals surface area contributed by atoms with Crippen LogP contribution >= 0.6 is 12.6 Å². The number of nitrogens with one attached hydrogen (secondary N) is 1. The quantitative estimate of drug-likeness (QED) is 0.616. The molecule has 2 nitrogen and oxygen atoms in total. The molecule has 1 N–H and O–H groups in total. The van der Waals surface area contributed by atoms with Crippen molar-refractivity contribution in [2.45, 2.75) is 6.18 Å². The van der Waals surface area contributed by atoms with E-state index < -0.39 is 23.5 Å². The molecule has 0 aliphatic heterocycles. The lowest BCUT2D eigenvalue weighted by Crippen LogP contribution is -2.14. The van der Waals surface area contributed by atoms with Gasteiger partial charge in [-0.3, -0.25) is 4.79 Å². The molecule has 1 rings (SSSR count). The van der Waals surface area contributed by atoms with E-state index in [9.17, 15) is 22.4 Å². The highest BCUT2D eigenvalue weighted by molar-refractivity contribution is 7.81. The van der Waals surface area contributed by atoms with Crippen LogP contribution in [-0.2, 0) is 11.0 Å². The van der Waals surface area contributed by atoms with Crippen molar-refractivity contribution in [1.29, 1.82) is 0 Å². The Bertz CT molecular complexity index is 405. The lowest BCUT2D eigenvalue weighted by Gasteiger charge is -2.10. The summed E-state index contributed by atoms with van der Waals surface area (Å²) < 4.78 is 49.7. The fourth-order valence-corrected chi connectivity index (χ4v) is 1.10. The van der Waals surface area contributed by atoms with Crippen LogP contribution in [0.4, 0.5) is 23.2 Å². The van der Waals surface area contributed by atoms with E-state index in [1.165, 1.54) is 0 Å². The molecule has 7 heteroatoms. The Kier molecular flexibility index (Phi) is 3.79. The van der Waals surface area contributed by atoms with Crippen molar-refractivity contribution in [1.82, 2.24) is 0 Å². The Hall–Kier alpha value is -1.24. The van der Waals surface area contributed by atoms with Gasteiger partial charge in [0.25, 0.3) is 0 Å². The molecule has 1 aromatic rings. The lowest BCUT2D eigenvalue weighted by molar-refractivity contribution is -0.140. The Morgan fingerprint density at radius 3 is 2.50 bits per heavy atom. The summed E-state index contributed by atoms with van der Waals surface area (Å²) in [5.74, 6) is -2.11. The van der Waals surface area contributed by atoms with Crippen molar-refractivity contribution in [2.24, 2.45) is 0 Å². The molecular weight excluding hydrogens is 246 g/mol. The summed E-state index contributed by atoms with van der Waals surface area (Å²) in [5, 5.41) is 2.15. The van der Waals surface area contributed by atoms with Crippen LogP contribution in [0.3, 0.4) is 0 Å². The van der Waals surface area contributed by atoms with Crippen LogP contribution in [0.5, 0.6) is 0 Å². The number of halogens is 4. The third-order valence-electron chi connectivity index (χ3n) is 1.70. The van der Waals surface area contributed by atoms with Gasteiger partial charge in [0, 0.05) is 5.69 Å². The monoisotopic (exact) mass is 253 g/mol. The Labute approximate surface area is 94.1 Å². The van der Waals surface area contributed by atoms with Crippen LogP contribution in [0.2, 0.25) is 0 Å². The number of amides is 1. The van der Waals surface area contributed by atoms with Crippen LogP contribution in [0.25, 0.3) is 0 Å². The fraction of sp³-hybridized carbons (Fsp3) is 0.222. The highest BCUT2D eigenvalue weighted by Gasteiger charge is 2.34. The number of carbonyl (C=O) groups is 1. The van der Waals surface area contributed by atoms with Crippen LogP contribution in [0.1, 0.15) is 5.56 Å². The van der Waals surface area contributed by atoms with E-state index in [2.05, 4.69) is 17.9 Å². The molecule has 0 aliphatic carbocycles. The van der Waals surface area contributed by atoms with Crippen molar-refractivity contribution in [3.63, 3.8) is 0 Å². The minimum atomic E-state index is -4.79. The number of rotatable bonds is 2. The third-order valence-corrected chi connectivity index (χ3v) is 1.99. The Morgan fingerprint density at radius 1 is 1.38 bits per heavy atom. The molecule has 0 fully saturated rings. The minimum absolute atomic E-state index is 0.118. The molecule has 1 amide bonds. The van der Waals surface area contributed by atoms with Crippen molar-refractivity contribution in [3.8, 4) is 0 Å². The molecular formula is C9H7F4NOS. The smallest absolute Gasteiger partial charge is 0.325 e. The van der Waals surface area contributed by atoms with Crippen LogP contribution in [0, 0.1) is 5.82 Å². The average Bonchev–Trinajstić information content (AvgIpc) is 2.19. The van der Waals surface area contributed by atoms with E-state index in [4.69, 9.17) is 0 Å². The first-order valence-electron chi connectivity index (χ1n) is 4.12. The van der Waals surface area contributed by atoms with Gasteiger partial charge in [-0.15, -0.1) is 0 Å². The van der Waals surface area contributed by atoms with Gasteiger partial charge in [-0.2, -0.15) is 25.8 Å². The van der Waals surface area contributed by atoms with Gasteiger partial charge in [-0.25, -0.2) is 4.39 Å². The standard InChI is InChI=1S/C9H7F4NOS/c10-7-2-1-5(14-8(15)4-16)3-6(7)9(11,12)13/h1-3,16H,4H2,(H,14,15). The second-order valence-electron chi connectivity index (χ2n) is 2.90. The fourth-order valence-electron chi connectivity index (χ4n) is 1.02. The van der Waals surface area contributed by atoms with E-state index >= 15 is 0 Å². The number of thiol groups is 1. The van der Waals surface area contributed by atoms with Crippen molar-refractivity contribution >= 4 is 24.2 Å². The van der Waals surface area contributed by atoms with Crippen LogP contribution < -0.4 is 5.32 Å². The zero-order valence-electron chi connectivity index (χ0n) is 7.81. The van der Waals surface area contributed by atoms with Gasteiger partial charge < -0.3 is 5.32 Å². The highest BCUT2D eigenvalue weighted by Crippen LogP contribution is 2.32. The van der Waals surface area contributed by atoms with Gasteiger partial charge in [0.1, 0.15) is 5.82 Å². The number of hydrogen-bond donors (Lipinski definition) is 2. The van der Waals surface area contributed by atoms with Gasteiger partial charge in [0.05, 0.1) is 11.3 Å². The molecule has 0 bridgehead atoms. The van der Waals surface area contributed by atoms with E-state index in [1.54, 1.807) is 0 Å². The molecule has 0 saturated heterocycles. The Balaban J connectivity index is 3.03. The molecule has 0 spiro atoms. The van der Waals surface area contributed by atoms with E-state index in [0.29, 0.717) is 12.1 Å². The number of carbonyl (C=O) groups excluding carboxylic acids is 1. The number of anilines is 1. The summed E-state index contributed by atoms with van der Waals surface area (Å²) in [7, 11) is 0. The first-order valence-corrected chi connectivity index (χ1v) is 4.75. The summed E-state index contributed by atoms with van der Waals surface area (Å²) in [6, 6.07) is 2.24. The number of alkyl halides is 3. The zero-order valence-corrected chi connectivity index (χ0v) is 8.70. The molecule has 0 aromatic heterocycles. The lowest BCUT2D eigenvalue weighted by atomic mass is 10.2. The predicted octanol–water partition coefficient (Wildman–Crippen LogP) is 2.71. The maximum Gasteiger partial charge on any atom is 0.419 e. The summed E-state index contributed by atoms with van der Waals surface area (Å²) in [4.78, 5) is 10.9. The predicted molar refractivity (Wildman–Crippen MR) is 53.9 cm³/mol. The first kappa shape index (κ1) is 12.8. The van der Waals surface area contributed by atoms with Crippen molar-refractivity contribution in [3.05, 3.63) is 29.6 Å². The first-order chi connectivity index (χ1) is 7.34. The molecule has 0 aliphatic rings. The molecule has 0 unspecified atom stereocenters. The summed E-state index contributed by atoms with van der Waals surface area (Å²) >= 11 is 3.64. The zero-order chi connectivity index (χ0) is 12.3. The summed E-state index contributed by atoms with van der Waals surface area (Å²) in [6.07, 6.45) is -4.79. The molecule has 1 aromatic carbocycles. The topological polar surface area (TPSA) is 29.1 Å². The summed E-state index contributed by atoms with van der Waals surface area (Å²) in [5.41, 5.74) is -1.53. The van der Waals surface area contributed by atoms with E-state index in [1.807, 2.05) is 0 Å². The van der Waals surface area contributed by atoms with Gasteiger partial charge >= 0.3 is 6.18 Å². The van der Waals surface area contributed by atoms with Gasteiger partial charge in [-0.1, -0.05) is 0 Å². The molecule has 0 saturated carbocycles. The molecule has 0 heterocycles. The highest BCUT2D eigenvalue weighted by atomic mass is 32.1. The molecule has 0 atom stereocenters. The van der Waals surface area contributed by atoms with E-state index in [0.717, 1.165) is 6.07 Å². The maximum absolute atomic E-state index is 12.8. The molecule has 16 heavy (non-hydrogen) atoms.